The van der Waals surface area contributed by atoms with Crippen molar-refractivity contribution in [3.05, 3.63) is 0 Å². The molecule has 1 unspecified atom stereocenters. The van der Waals surface area contributed by atoms with Crippen LogP contribution in [0.2, 0.25) is 0 Å². The lowest BCUT2D eigenvalue weighted by molar-refractivity contribution is -0.130. The average Bonchev–Trinajstić information content (AvgIpc) is 2.51. The van der Waals surface area contributed by atoms with Crippen molar-refractivity contribution < 1.29 is 9.90 Å². The lowest BCUT2D eigenvalue weighted by Crippen LogP contribution is -2.35. The summed E-state index contributed by atoms with van der Waals surface area (Å²) in [6, 6.07) is 0.996. The Balaban J connectivity index is 2.45. The summed E-state index contributed by atoms with van der Waals surface area (Å²) in [5.41, 5.74) is 0. The maximum absolute atomic E-state index is 10.2. The monoisotopic (exact) mass is 195 g/mol. The summed E-state index contributed by atoms with van der Waals surface area (Å²) in [6.07, 6.45) is 3.04. The summed E-state index contributed by atoms with van der Waals surface area (Å²) in [4.78, 5) is 12.6. The fourth-order valence-corrected chi connectivity index (χ4v) is 2.00. The van der Waals surface area contributed by atoms with Crippen molar-refractivity contribution in [3.8, 4) is 11.8 Å². The van der Waals surface area contributed by atoms with Crippen LogP contribution in [0.4, 0.5) is 0 Å². The van der Waals surface area contributed by atoms with Gasteiger partial charge in [-0.25, -0.2) is 4.79 Å². The molecule has 1 N–H and O–H groups in total. The molecule has 3 nitrogen and oxygen atoms in total. The molecule has 1 aliphatic rings. The molecule has 3 heteroatoms. The number of hydrogen-bond acceptors (Lipinski definition) is 2. The molecule has 0 saturated carbocycles. The van der Waals surface area contributed by atoms with E-state index in [2.05, 4.69) is 30.6 Å². The summed E-state index contributed by atoms with van der Waals surface area (Å²) in [7, 11) is 0. The predicted octanol–water partition coefficient (Wildman–Crippen LogP) is 1.34. The molecule has 1 fully saturated rings. The van der Waals surface area contributed by atoms with E-state index in [1.54, 1.807) is 0 Å². The maximum atomic E-state index is 10.2. The van der Waals surface area contributed by atoms with Crippen molar-refractivity contribution in [2.75, 3.05) is 6.54 Å². The zero-order valence-electron chi connectivity index (χ0n) is 8.79. The topological polar surface area (TPSA) is 40.5 Å². The average molecular weight is 195 g/mol. The van der Waals surface area contributed by atoms with E-state index in [0.29, 0.717) is 18.5 Å². The molecule has 0 aromatic carbocycles. The third-order valence-corrected chi connectivity index (χ3v) is 2.62. The molecule has 1 rings (SSSR count). The second kappa shape index (κ2) is 5.02. The van der Waals surface area contributed by atoms with Gasteiger partial charge in [0, 0.05) is 24.4 Å². The fourth-order valence-electron chi connectivity index (χ4n) is 2.00. The first-order valence-electron chi connectivity index (χ1n) is 5.09. The highest BCUT2D eigenvalue weighted by atomic mass is 16.4. The number of hydrogen-bond donors (Lipinski definition) is 1. The van der Waals surface area contributed by atoms with Crippen molar-refractivity contribution in [3.63, 3.8) is 0 Å². The third-order valence-electron chi connectivity index (χ3n) is 2.62. The van der Waals surface area contributed by atoms with E-state index < -0.39 is 5.97 Å². The van der Waals surface area contributed by atoms with E-state index in [9.17, 15) is 4.79 Å². The van der Waals surface area contributed by atoms with Gasteiger partial charge in [-0.1, -0.05) is 5.92 Å². The van der Waals surface area contributed by atoms with Gasteiger partial charge in [-0.15, -0.1) is 0 Å². The molecule has 0 radical (unpaired) electrons. The van der Waals surface area contributed by atoms with Crippen LogP contribution in [-0.4, -0.2) is 34.6 Å². The summed E-state index contributed by atoms with van der Waals surface area (Å²) in [6.45, 7) is 5.46. The minimum absolute atomic E-state index is 0.460. The number of nitrogens with zero attached hydrogens (tertiary/aromatic N) is 1. The molecule has 0 amide bonds. The van der Waals surface area contributed by atoms with E-state index >= 15 is 0 Å². The van der Waals surface area contributed by atoms with Crippen molar-refractivity contribution >= 4 is 5.97 Å². The Morgan fingerprint density at radius 3 is 2.93 bits per heavy atom. The summed E-state index contributed by atoms with van der Waals surface area (Å²) in [5, 5.41) is 8.38. The van der Waals surface area contributed by atoms with Gasteiger partial charge in [0.15, 0.2) is 0 Å². The van der Waals surface area contributed by atoms with Gasteiger partial charge < -0.3 is 5.11 Å². The molecule has 0 spiro atoms. The first-order chi connectivity index (χ1) is 6.61. The Kier molecular flexibility index (Phi) is 3.97. The minimum atomic E-state index is -1.03. The van der Waals surface area contributed by atoms with Crippen LogP contribution in [0, 0.1) is 11.8 Å². The van der Waals surface area contributed by atoms with E-state index in [4.69, 9.17) is 5.11 Å². The Bertz CT molecular complexity index is 262. The van der Waals surface area contributed by atoms with Crippen LogP contribution in [0.3, 0.4) is 0 Å². The van der Waals surface area contributed by atoms with Crippen LogP contribution in [0.5, 0.6) is 0 Å². The third kappa shape index (κ3) is 3.04. The maximum Gasteiger partial charge on any atom is 0.381 e. The molecule has 14 heavy (non-hydrogen) atoms. The lowest BCUT2D eigenvalue weighted by Gasteiger charge is -2.26. The van der Waals surface area contributed by atoms with Crippen molar-refractivity contribution in [2.45, 2.75) is 45.2 Å². The van der Waals surface area contributed by atoms with E-state index in [1.807, 2.05) is 0 Å². The van der Waals surface area contributed by atoms with Gasteiger partial charge in [0.2, 0.25) is 0 Å². The van der Waals surface area contributed by atoms with E-state index in [-0.39, 0.29) is 0 Å². The summed E-state index contributed by atoms with van der Waals surface area (Å²) < 4.78 is 0. The molecular formula is C11H17NO2. The number of likely N-dealkylation sites (tertiary alicyclic amines) is 1. The van der Waals surface area contributed by atoms with Gasteiger partial charge in [0.1, 0.15) is 0 Å². The normalized spacial score (nSPS) is 22.1. The van der Waals surface area contributed by atoms with Crippen molar-refractivity contribution in [2.24, 2.45) is 0 Å². The van der Waals surface area contributed by atoms with Gasteiger partial charge in [-0.3, -0.25) is 4.90 Å². The zero-order chi connectivity index (χ0) is 10.6. The summed E-state index contributed by atoms with van der Waals surface area (Å²) >= 11 is 0. The molecule has 1 saturated heterocycles. The van der Waals surface area contributed by atoms with E-state index in [0.717, 1.165) is 13.0 Å². The lowest BCUT2D eigenvalue weighted by atomic mass is 10.1. The van der Waals surface area contributed by atoms with Gasteiger partial charge in [0.25, 0.3) is 0 Å². The van der Waals surface area contributed by atoms with Crippen molar-refractivity contribution in [1.29, 1.82) is 0 Å². The molecule has 1 heterocycles. The highest BCUT2D eigenvalue weighted by Gasteiger charge is 2.25. The predicted molar refractivity (Wildman–Crippen MR) is 54.9 cm³/mol. The first kappa shape index (κ1) is 11.1. The van der Waals surface area contributed by atoms with Gasteiger partial charge in [-0.05, 0) is 33.2 Å². The molecule has 0 aromatic rings. The number of rotatable bonds is 2. The second-order valence-corrected chi connectivity index (χ2v) is 3.94. The molecule has 1 aliphatic heterocycles. The van der Waals surface area contributed by atoms with Gasteiger partial charge in [-0.2, -0.15) is 0 Å². The van der Waals surface area contributed by atoms with E-state index in [1.165, 1.54) is 6.42 Å². The van der Waals surface area contributed by atoms with Crippen LogP contribution in [-0.2, 0) is 4.79 Å². The Morgan fingerprint density at radius 1 is 1.64 bits per heavy atom. The fraction of sp³-hybridized carbons (Fsp3) is 0.727. The number of carbonyl (C=O) groups is 1. The number of aliphatic carboxylic acids is 1. The smallest absolute Gasteiger partial charge is 0.381 e. The largest absolute Gasteiger partial charge is 0.472 e. The molecular weight excluding hydrogens is 178 g/mol. The van der Waals surface area contributed by atoms with Gasteiger partial charge >= 0.3 is 5.97 Å². The highest BCUT2D eigenvalue weighted by molar-refractivity contribution is 5.86. The van der Waals surface area contributed by atoms with Crippen LogP contribution < -0.4 is 0 Å². The van der Waals surface area contributed by atoms with Gasteiger partial charge in [0.05, 0.1) is 0 Å². The zero-order valence-corrected chi connectivity index (χ0v) is 8.79. The Hall–Kier alpha value is -1.01. The standard InChI is InChI=1S/C11H17NO2/c1-9(2)12-8-4-6-10(12)5-3-7-11(13)14/h9-10H,4-6,8H2,1-2H3,(H,13,14). The molecule has 0 aromatic heterocycles. The van der Waals surface area contributed by atoms with Crippen LogP contribution in [0.25, 0.3) is 0 Å². The SMILES string of the molecule is CC(C)N1CCCC1CC#CC(=O)O. The Labute approximate surface area is 85.1 Å². The quantitative estimate of drug-likeness (QED) is 0.676. The number of carboxylic acid groups (broad SMARTS) is 1. The number of carboxylic acids is 1. The van der Waals surface area contributed by atoms with Crippen LogP contribution in [0.15, 0.2) is 0 Å². The molecule has 0 bridgehead atoms. The molecule has 0 aliphatic carbocycles. The minimum Gasteiger partial charge on any atom is -0.472 e. The van der Waals surface area contributed by atoms with Crippen molar-refractivity contribution in [1.82, 2.24) is 4.90 Å². The second-order valence-electron chi connectivity index (χ2n) is 3.94. The van der Waals surface area contributed by atoms with Crippen LogP contribution in [0.1, 0.15) is 33.1 Å². The van der Waals surface area contributed by atoms with Crippen LogP contribution >= 0.6 is 0 Å². The summed E-state index contributed by atoms with van der Waals surface area (Å²) in [5.74, 6) is 3.86. The molecule has 1 atom stereocenters. The highest BCUT2D eigenvalue weighted by Crippen LogP contribution is 2.21. The molecule has 78 valence electrons. The Morgan fingerprint density at radius 2 is 2.36 bits per heavy atom. The first-order valence-corrected chi connectivity index (χ1v) is 5.09.